The van der Waals surface area contributed by atoms with Crippen LogP contribution in [0.4, 0.5) is 0 Å². The minimum absolute atomic E-state index is 0.105. The lowest BCUT2D eigenvalue weighted by Crippen LogP contribution is -2.70. The second-order valence-corrected chi connectivity index (χ2v) is 10.0. The van der Waals surface area contributed by atoms with Gasteiger partial charge in [0.1, 0.15) is 23.7 Å². The van der Waals surface area contributed by atoms with Crippen LogP contribution in [0.5, 0.6) is 0 Å². The first-order valence-electron chi connectivity index (χ1n) is 10.8. The summed E-state index contributed by atoms with van der Waals surface area (Å²) in [5, 5.41) is 35.2. The number of carbonyl (C=O) groups is 4. The van der Waals surface area contributed by atoms with Crippen LogP contribution < -0.4 is 10.6 Å². The van der Waals surface area contributed by atoms with Crippen LogP contribution in [-0.2, 0) is 38.7 Å². The number of rotatable bonds is 11. The Morgan fingerprint density at radius 1 is 1.22 bits per heavy atom. The van der Waals surface area contributed by atoms with Crippen LogP contribution in [0.15, 0.2) is 40.7 Å². The Hall–Kier alpha value is -3.43. The van der Waals surface area contributed by atoms with Crippen LogP contribution in [0.3, 0.4) is 0 Å². The second kappa shape index (κ2) is 11.1. The minimum atomic E-state index is -1.25. The summed E-state index contributed by atoms with van der Waals surface area (Å²) in [5.74, 6) is -2.69. The molecule has 4 rings (SSSR count). The highest BCUT2D eigenvalue weighted by atomic mass is 32.2. The molecule has 15 heteroatoms. The standard InChI is InChI=1S/C21H23N7O6S2/c1-22-7-12-5-3-2-4-11(12)6-14(29)23-16-18(32)28-17(20(33)34)13(9-35-19(16)28)10-36-21-24-25-26-27(21)8-15(30)31/h2-5,16,19,22H,6-10H2,1H3,(H,23,29)(H,30,31)(H,33,34)/t16?,19-/m1/s1. The number of aromatic nitrogens is 4. The molecule has 13 nitrogen and oxygen atoms in total. The molecule has 2 amide bonds. The topological polar surface area (TPSA) is 180 Å². The zero-order chi connectivity index (χ0) is 25.8. The van der Waals surface area contributed by atoms with Gasteiger partial charge in [0, 0.05) is 18.1 Å². The molecule has 4 N–H and O–H groups in total. The van der Waals surface area contributed by atoms with E-state index in [1.54, 1.807) is 0 Å². The number of carbonyl (C=O) groups excluding carboxylic acids is 2. The van der Waals surface area contributed by atoms with Gasteiger partial charge in [0.2, 0.25) is 11.1 Å². The summed E-state index contributed by atoms with van der Waals surface area (Å²) in [4.78, 5) is 49.8. The van der Waals surface area contributed by atoms with Gasteiger partial charge in [-0.1, -0.05) is 36.0 Å². The van der Waals surface area contributed by atoms with E-state index in [9.17, 15) is 24.3 Å². The molecule has 0 aliphatic carbocycles. The van der Waals surface area contributed by atoms with E-state index in [-0.39, 0.29) is 28.9 Å². The summed E-state index contributed by atoms with van der Waals surface area (Å²) in [5.41, 5.74) is 2.19. The maximum atomic E-state index is 12.9. The zero-order valence-corrected chi connectivity index (χ0v) is 20.7. The van der Waals surface area contributed by atoms with Crippen molar-refractivity contribution in [2.75, 3.05) is 18.6 Å². The van der Waals surface area contributed by atoms with Crippen LogP contribution in [0.2, 0.25) is 0 Å². The molecule has 2 aromatic rings. The smallest absolute Gasteiger partial charge is 0.352 e. The summed E-state index contributed by atoms with van der Waals surface area (Å²) >= 11 is 2.45. The van der Waals surface area contributed by atoms with Crippen LogP contribution >= 0.6 is 23.5 Å². The number of nitrogens with one attached hydrogen (secondary N) is 2. The number of carboxylic acids is 2. The van der Waals surface area contributed by atoms with E-state index < -0.39 is 35.8 Å². The lowest BCUT2D eigenvalue weighted by atomic mass is 10.0. The first-order valence-corrected chi connectivity index (χ1v) is 12.8. The van der Waals surface area contributed by atoms with E-state index >= 15 is 0 Å². The molecule has 1 unspecified atom stereocenters. The van der Waals surface area contributed by atoms with E-state index in [1.807, 2.05) is 31.3 Å². The maximum Gasteiger partial charge on any atom is 0.352 e. The van der Waals surface area contributed by atoms with E-state index in [1.165, 1.54) is 16.7 Å². The molecule has 0 spiro atoms. The Morgan fingerprint density at radius 2 is 1.97 bits per heavy atom. The summed E-state index contributed by atoms with van der Waals surface area (Å²) in [6.07, 6.45) is 0.105. The Kier molecular flexibility index (Phi) is 7.91. The number of β-lactam (4-membered cyclic amide) rings is 1. The van der Waals surface area contributed by atoms with Crippen LogP contribution in [0, 0.1) is 0 Å². The fourth-order valence-corrected chi connectivity index (χ4v) is 6.33. The number of fused-ring (bicyclic) bond motifs is 1. The van der Waals surface area contributed by atoms with Crippen molar-refractivity contribution in [3.05, 3.63) is 46.7 Å². The highest BCUT2D eigenvalue weighted by Gasteiger charge is 2.54. The Bertz CT molecular complexity index is 1230. The van der Waals surface area contributed by atoms with Gasteiger partial charge >= 0.3 is 11.9 Å². The van der Waals surface area contributed by atoms with Gasteiger partial charge in [-0.2, -0.15) is 0 Å². The third-order valence-corrected chi connectivity index (χ3v) is 7.95. The fraction of sp³-hybridized carbons (Fsp3) is 0.381. The lowest BCUT2D eigenvalue weighted by Gasteiger charge is -2.49. The van der Waals surface area contributed by atoms with Crippen molar-refractivity contribution in [3.8, 4) is 0 Å². The number of hydrogen-bond donors (Lipinski definition) is 4. The average molecular weight is 534 g/mol. The third-order valence-electron chi connectivity index (χ3n) is 5.56. The number of benzene rings is 1. The molecule has 2 aliphatic heterocycles. The quantitative estimate of drug-likeness (QED) is 0.216. The third kappa shape index (κ3) is 5.37. The number of amides is 2. The Labute approximate surface area is 213 Å². The van der Waals surface area contributed by atoms with Crippen LogP contribution in [0.1, 0.15) is 11.1 Å². The first-order chi connectivity index (χ1) is 17.3. The highest BCUT2D eigenvalue weighted by molar-refractivity contribution is 8.01. The number of aliphatic carboxylic acids is 2. The molecule has 0 bridgehead atoms. The molecule has 190 valence electrons. The predicted molar refractivity (Wildman–Crippen MR) is 129 cm³/mol. The van der Waals surface area contributed by atoms with Gasteiger partial charge in [-0.05, 0) is 34.2 Å². The van der Waals surface area contributed by atoms with Gasteiger partial charge in [0.15, 0.2) is 0 Å². The monoisotopic (exact) mass is 533 g/mol. The molecule has 36 heavy (non-hydrogen) atoms. The number of hydrogen-bond acceptors (Lipinski definition) is 10. The van der Waals surface area contributed by atoms with Crippen LogP contribution in [-0.4, -0.2) is 89.0 Å². The van der Waals surface area contributed by atoms with Crippen molar-refractivity contribution in [1.29, 1.82) is 0 Å². The fourth-order valence-electron chi connectivity index (χ4n) is 3.96. The predicted octanol–water partition coefficient (Wildman–Crippen LogP) is -0.449. The maximum absolute atomic E-state index is 12.9. The normalized spacial score (nSPS) is 19.0. The Morgan fingerprint density at radius 3 is 2.67 bits per heavy atom. The first kappa shape index (κ1) is 25.7. The van der Waals surface area contributed by atoms with Gasteiger partial charge in [-0.3, -0.25) is 19.3 Å². The molecule has 0 saturated carbocycles. The Balaban J connectivity index is 1.43. The SMILES string of the molecule is CNCc1ccccc1CC(=O)NC1C(=O)N2C(C(=O)O)=C(CSc3nnnn3CC(=O)O)CS[C@H]12. The molecule has 3 heterocycles. The summed E-state index contributed by atoms with van der Waals surface area (Å²) in [6, 6.07) is 6.71. The van der Waals surface area contributed by atoms with E-state index in [4.69, 9.17) is 5.11 Å². The molecule has 1 saturated heterocycles. The molecule has 0 radical (unpaired) electrons. The number of tetrazole rings is 1. The lowest BCUT2D eigenvalue weighted by molar-refractivity contribution is -0.150. The average Bonchev–Trinajstić information content (AvgIpc) is 3.28. The molecule has 1 fully saturated rings. The van der Waals surface area contributed by atoms with Gasteiger partial charge in [-0.25, -0.2) is 9.48 Å². The molecule has 1 aromatic heterocycles. The van der Waals surface area contributed by atoms with Crippen molar-refractivity contribution < 1.29 is 29.4 Å². The van der Waals surface area contributed by atoms with Crippen molar-refractivity contribution in [1.82, 2.24) is 35.7 Å². The van der Waals surface area contributed by atoms with E-state index in [0.29, 0.717) is 17.9 Å². The van der Waals surface area contributed by atoms with Crippen LogP contribution in [0.25, 0.3) is 0 Å². The number of thioether (sulfide) groups is 2. The number of carboxylic acid groups (broad SMARTS) is 2. The molecular formula is C21H23N7O6S2. The molecule has 2 aliphatic rings. The van der Waals surface area contributed by atoms with Gasteiger partial charge < -0.3 is 20.8 Å². The molecular weight excluding hydrogens is 510 g/mol. The van der Waals surface area contributed by atoms with Crippen molar-refractivity contribution in [2.45, 2.75) is 36.1 Å². The summed E-state index contributed by atoms with van der Waals surface area (Å²) in [7, 11) is 1.82. The van der Waals surface area contributed by atoms with Gasteiger partial charge in [-0.15, -0.1) is 16.9 Å². The van der Waals surface area contributed by atoms with Crippen molar-refractivity contribution >= 4 is 47.3 Å². The largest absolute Gasteiger partial charge is 0.480 e. The highest BCUT2D eigenvalue weighted by Crippen LogP contribution is 2.41. The second-order valence-electron chi connectivity index (χ2n) is 7.99. The summed E-state index contributed by atoms with van der Waals surface area (Å²) in [6.45, 7) is 0.177. The van der Waals surface area contributed by atoms with Crippen molar-refractivity contribution in [2.24, 2.45) is 0 Å². The minimum Gasteiger partial charge on any atom is -0.480 e. The molecule has 2 atom stereocenters. The van der Waals surface area contributed by atoms with E-state index in [2.05, 4.69) is 26.2 Å². The van der Waals surface area contributed by atoms with Gasteiger partial charge in [0.05, 0.1) is 6.42 Å². The van der Waals surface area contributed by atoms with Crippen molar-refractivity contribution in [3.63, 3.8) is 0 Å². The molecule has 1 aromatic carbocycles. The van der Waals surface area contributed by atoms with Gasteiger partial charge in [0.25, 0.3) is 5.91 Å². The number of nitrogens with zero attached hydrogens (tertiary/aromatic N) is 5. The zero-order valence-electron chi connectivity index (χ0n) is 19.1. The summed E-state index contributed by atoms with van der Waals surface area (Å²) < 4.78 is 1.10. The van der Waals surface area contributed by atoms with E-state index in [0.717, 1.165) is 27.6 Å².